The van der Waals surface area contributed by atoms with Crippen LogP contribution in [0.1, 0.15) is 38.5 Å². The predicted octanol–water partition coefficient (Wildman–Crippen LogP) is 3.93. The van der Waals surface area contributed by atoms with Gasteiger partial charge in [0.05, 0.1) is 5.41 Å². The molecule has 122 valence electrons. The van der Waals surface area contributed by atoms with Gasteiger partial charge in [0.1, 0.15) is 0 Å². The molecular formula is C18H20ClNO3. The fourth-order valence-corrected chi connectivity index (χ4v) is 6.35. The maximum absolute atomic E-state index is 13.1. The number of hydrogen-bond donors (Lipinski definition) is 1. The van der Waals surface area contributed by atoms with Crippen LogP contribution in [0.3, 0.4) is 0 Å². The maximum Gasteiger partial charge on any atom is 0.231 e. The maximum atomic E-state index is 13.1. The van der Waals surface area contributed by atoms with Crippen molar-refractivity contribution in [3.63, 3.8) is 0 Å². The number of fused-ring (bicyclic) bond motifs is 1. The van der Waals surface area contributed by atoms with Gasteiger partial charge in [0.2, 0.25) is 12.7 Å². The highest BCUT2D eigenvalue weighted by Gasteiger charge is 2.60. The van der Waals surface area contributed by atoms with Crippen LogP contribution < -0.4 is 14.8 Å². The van der Waals surface area contributed by atoms with Gasteiger partial charge in [0.15, 0.2) is 11.5 Å². The zero-order valence-corrected chi connectivity index (χ0v) is 13.7. The third-order valence-corrected chi connectivity index (χ3v) is 6.54. The smallest absolute Gasteiger partial charge is 0.231 e. The highest BCUT2D eigenvalue weighted by molar-refractivity contribution is 6.24. The van der Waals surface area contributed by atoms with Crippen LogP contribution in [0.25, 0.3) is 0 Å². The molecule has 4 aliphatic carbocycles. The Morgan fingerprint density at radius 2 is 1.87 bits per heavy atom. The van der Waals surface area contributed by atoms with Crippen LogP contribution in [0.4, 0.5) is 5.69 Å². The lowest BCUT2D eigenvalue weighted by molar-refractivity contribution is -0.138. The number of halogens is 1. The Kier molecular flexibility index (Phi) is 2.77. The van der Waals surface area contributed by atoms with Crippen molar-refractivity contribution in [2.45, 2.75) is 43.4 Å². The Morgan fingerprint density at radius 3 is 2.61 bits per heavy atom. The highest BCUT2D eigenvalue weighted by atomic mass is 35.5. The molecule has 1 aromatic carbocycles. The largest absolute Gasteiger partial charge is 0.454 e. The summed E-state index contributed by atoms with van der Waals surface area (Å²) in [4.78, 5) is 12.9. The minimum absolute atomic E-state index is 0.135. The number of carbonyl (C=O) groups is 1. The molecule has 6 rings (SSSR count). The van der Waals surface area contributed by atoms with Crippen molar-refractivity contribution in [2.75, 3.05) is 12.1 Å². The first-order chi connectivity index (χ1) is 11.0. The first kappa shape index (κ1) is 14.0. The third-order valence-electron chi connectivity index (χ3n) is 6.10. The molecule has 4 bridgehead atoms. The van der Waals surface area contributed by atoms with Crippen LogP contribution in [0.5, 0.6) is 11.5 Å². The normalized spacial score (nSPS) is 39.5. The van der Waals surface area contributed by atoms with E-state index in [9.17, 15) is 4.79 Å². The van der Waals surface area contributed by atoms with Crippen LogP contribution in [-0.2, 0) is 4.79 Å². The van der Waals surface area contributed by atoms with Crippen molar-refractivity contribution in [2.24, 2.45) is 17.3 Å². The van der Waals surface area contributed by atoms with E-state index >= 15 is 0 Å². The second-order valence-electron chi connectivity index (χ2n) is 7.91. The molecule has 0 saturated heterocycles. The van der Waals surface area contributed by atoms with Gasteiger partial charge in [-0.05, 0) is 62.5 Å². The number of alkyl halides is 1. The lowest BCUT2D eigenvalue weighted by Gasteiger charge is -2.59. The van der Waals surface area contributed by atoms with Crippen molar-refractivity contribution in [1.82, 2.24) is 0 Å². The van der Waals surface area contributed by atoms with Crippen molar-refractivity contribution in [3.05, 3.63) is 18.2 Å². The Labute approximate surface area is 140 Å². The summed E-state index contributed by atoms with van der Waals surface area (Å²) in [5.41, 5.74) is 0.501. The van der Waals surface area contributed by atoms with Crippen LogP contribution in [0.2, 0.25) is 0 Å². The van der Waals surface area contributed by atoms with Crippen LogP contribution in [0.15, 0.2) is 18.2 Å². The van der Waals surface area contributed by atoms with E-state index in [1.54, 1.807) is 0 Å². The van der Waals surface area contributed by atoms with E-state index in [1.165, 1.54) is 6.42 Å². The second-order valence-corrected chi connectivity index (χ2v) is 8.72. The fourth-order valence-electron chi connectivity index (χ4n) is 5.65. The zero-order valence-electron chi connectivity index (χ0n) is 12.9. The first-order valence-corrected chi connectivity index (χ1v) is 8.82. The van der Waals surface area contributed by atoms with Gasteiger partial charge < -0.3 is 14.8 Å². The van der Waals surface area contributed by atoms with Crippen molar-refractivity contribution in [1.29, 1.82) is 0 Å². The van der Waals surface area contributed by atoms with Crippen LogP contribution >= 0.6 is 11.6 Å². The molecule has 5 heteroatoms. The van der Waals surface area contributed by atoms with Gasteiger partial charge in [0.25, 0.3) is 0 Å². The standard InChI is InChI=1S/C18H20ClNO3/c19-18-7-11-3-12(8-18)6-17(5-11,9-18)16(21)20-13-1-2-14-15(4-13)23-10-22-14/h1-2,4,11-12H,3,5-10H2,(H,20,21)/t11-,12+,17?,18?. The van der Waals surface area contributed by atoms with E-state index in [0.29, 0.717) is 17.6 Å². The van der Waals surface area contributed by atoms with Gasteiger partial charge >= 0.3 is 0 Å². The molecule has 1 N–H and O–H groups in total. The topological polar surface area (TPSA) is 47.6 Å². The first-order valence-electron chi connectivity index (χ1n) is 8.44. The molecular weight excluding hydrogens is 314 g/mol. The lowest BCUT2D eigenvalue weighted by atomic mass is 9.49. The zero-order chi connectivity index (χ0) is 15.7. The van der Waals surface area contributed by atoms with Gasteiger partial charge in [0, 0.05) is 16.6 Å². The molecule has 1 amide bonds. The average Bonchev–Trinajstić information content (AvgIpc) is 2.92. The molecule has 1 aromatic rings. The minimum Gasteiger partial charge on any atom is -0.454 e. The molecule has 23 heavy (non-hydrogen) atoms. The van der Waals surface area contributed by atoms with E-state index in [2.05, 4.69) is 5.32 Å². The highest BCUT2D eigenvalue weighted by Crippen LogP contribution is 2.64. The van der Waals surface area contributed by atoms with E-state index < -0.39 is 0 Å². The molecule has 2 unspecified atom stereocenters. The average molecular weight is 334 g/mol. The molecule has 1 heterocycles. The summed E-state index contributed by atoms with van der Waals surface area (Å²) in [5, 5.41) is 3.11. The molecule has 4 nitrogen and oxygen atoms in total. The summed E-state index contributed by atoms with van der Waals surface area (Å²) < 4.78 is 10.7. The van der Waals surface area contributed by atoms with E-state index in [1.807, 2.05) is 18.2 Å². The number of hydrogen-bond acceptors (Lipinski definition) is 3. The molecule has 1 aliphatic heterocycles. The van der Waals surface area contributed by atoms with Crippen LogP contribution in [0, 0.1) is 17.3 Å². The molecule has 4 saturated carbocycles. The van der Waals surface area contributed by atoms with Gasteiger partial charge in [-0.25, -0.2) is 0 Å². The summed E-state index contributed by atoms with van der Waals surface area (Å²) in [5.74, 6) is 2.81. The van der Waals surface area contributed by atoms with E-state index in [-0.39, 0.29) is 23.0 Å². The van der Waals surface area contributed by atoms with Gasteiger partial charge in [-0.15, -0.1) is 11.6 Å². The summed E-state index contributed by atoms with van der Waals surface area (Å²) in [6.07, 6.45) is 6.25. The summed E-state index contributed by atoms with van der Waals surface area (Å²) in [7, 11) is 0. The van der Waals surface area contributed by atoms with Gasteiger partial charge in [-0.2, -0.15) is 0 Å². The molecule has 0 aromatic heterocycles. The van der Waals surface area contributed by atoms with Crippen molar-refractivity contribution < 1.29 is 14.3 Å². The predicted molar refractivity (Wildman–Crippen MR) is 86.9 cm³/mol. The van der Waals surface area contributed by atoms with Crippen molar-refractivity contribution in [3.8, 4) is 11.5 Å². The van der Waals surface area contributed by atoms with E-state index in [0.717, 1.165) is 43.5 Å². The monoisotopic (exact) mass is 333 g/mol. The van der Waals surface area contributed by atoms with Gasteiger partial charge in [-0.1, -0.05) is 0 Å². The van der Waals surface area contributed by atoms with E-state index in [4.69, 9.17) is 21.1 Å². The Bertz CT molecular complexity index is 675. The van der Waals surface area contributed by atoms with Gasteiger partial charge in [-0.3, -0.25) is 4.79 Å². The number of anilines is 1. The lowest BCUT2D eigenvalue weighted by Crippen LogP contribution is -2.57. The molecule has 4 atom stereocenters. The number of rotatable bonds is 2. The quantitative estimate of drug-likeness (QED) is 0.834. The summed E-state index contributed by atoms with van der Waals surface area (Å²) >= 11 is 6.83. The SMILES string of the molecule is O=C(Nc1ccc2c(c1)OCO2)C12C[C@@H]3C[C@@H](CC(Cl)(C3)C1)C2. The number of nitrogens with one attached hydrogen (secondary N) is 1. The Balaban J connectivity index is 1.40. The Hall–Kier alpha value is -1.42. The number of amides is 1. The summed E-state index contributed by atoms with van der Waals surface area (Å²) in [6.45, 7) is 0.245. The molecule has 5 aliphatic rings. The Morgan fingerprint density at radius 1 is 1.13 bits per heavy atom. The van der Waals surface area contributed by atoms with Crippen molar-refractivity contribution >= 4 is 23.2 Å². The molecule has 0 spiro atoms. The number of benzene rings is 1. The number of carbonyl (C=O) groups excluding carboxylic acids is 1. The van der Waals surface area contributed by atoms with Crippen LogP contribution in [-0.4, -0.2) is 17.6 Å². The third kappa shape index (κ3) is 2.14. The fraction of sp³-hybridized carbons (Fsp3) is 0.611. The summed E-state index contributed by atoms with van der Waals surface area (Å²) in [6, 6.07) is 5.57. The second kappa shape index (κ2) is 4.56. The number of ether oxygens (including phenoxy) is 2. The molecule has 0 radical (unpaired) electrons. The minimum atomic E-state index is -0.276. The molecule has 4 fully saturated rings.